The van der Waals surface area contributed by atoms with Crippen molar-refractivity contribution in [2.24, 2.45) is 0 Å². The van der Waals surface area contributed by atoms with Gasteiger partial charge in [-0.2, -0.15) is 5.10 Å². The number of benzene rings is 1. The topological polar surface area (TPSA) is 95.7 Å². The van der Waals surface area contributed by atoms with Crippen LogP contribution in [0, 0.1) is 12.7 Å². The van der Waals surface area contributed by atoms with Gasteiger partial charge >= 0.3 is 0 Å². The first-order valence-corrected chi connectivity index (χ1v) is 7.93. The molecule has 3 heterocycles. The number of hydrogen-bond donors (Lipinski definition) is 1. The summed E-state index contributed by atoms with van der Waals surface area (Å²) in [5.41, 5.74) is 8.90. The number of halogens is 1. The Balaban J connectivity index is 1.82. The van der Waals surface area contributed by atoms with E-state index in [-0.39, 0.29) is 12.4 Å². The highest BCUT2D eigenvalue weighted by molar-refractivity contribution is 5.63. The van der Waals surface area contributed by atoms with Gasteiger partial charge in [0.1, 0.15) is 29.3 Å². The molecule has 4 rings (SSSR count). The minimum Gasteiger partial charge on any atom is -0.384 e. The molecule has 0 aliphatic carbocycles. The normalized spacial score (nSPS) is 11.0. The summed E-state index contributed by atoms with van der Waals surface area (Å²) in [5.74, 6) is 0.449. The van der Waals surface area contributed by atoms with Crippen LogP contribution in [0.3, 0.4) is 0 Å². The van der Waals surface area contributed by atoms with Gasteiger partial charge in [-0.25, -0.2) is 14.4 Å². The third kappa shape index (κ3) is 2.92. The van der Waals surface area contributed by atoms with E-state index in [9.17, 15) is 4.39 Å². The lowest BCUT2D eigenvalue weighted by Crippen LogP contribution is -2.07. The smallest absolute Gasteiger partial charge is 0.182 e. The van der Waals surface area contributed by atoms with E-state index in [4.69, 9.17) is 10.3 Å². The van der Waals surface area contributed by atoms with Gasteiger partial charge in [0.25, 0.3) is 0 Å². The van der Waals surface area contributed by atoms with Crippen molar-refractivity contribution in [3.05, 3.63) is 65.8 Å². The number of aryl methyl sites for hydroxylation is 1. The van der Waals surface area contributed by atoms with Crippen LogP contribution in [0.25, 0.3) is 22.9 Å². The van der Waals surface area contributed by atoms with Gasteiger partial charge < -0.3 is 10.3 Å². The largest absolute Gasteiger partial charge is 0.384 e. The minimum absolute atomic E-state index is 0.239. The number of anilines is 1. The molecule has 0 unspecified atom stereocenters. The lowest BCUT2D eigenvalue weighted by molar-refractivity contribution is 0.421. The Hall–Kier alpha value is -3.55. The summed E-state index contributed by atoms with van der Waals surface area (Å²) in [6.07, 6.45) is 3.03. The van der Waals surface area contributed by atoms with Crippen LogP contribution in [0.5, 0.6) is 0 Å². The first-order valence-electron chi connectivity index (χ1n) is 7.93. The number of hydrogen-bond acceptors (Lipinski definition) is 6. The molecule has 0 fully saturated rings. The van der Waals surface area contributed by atoms with Crippen LogP contribution in [0.1, 0.15) is 11.1 Å². The summed E-state index contributed by atoms with van der Waals surface area (Å²) in [4.78, 5) is 8.40. The van der Waals surface area contributed by atoms with Crippen LogP contribution >= 0.6 is 0 Å². The van der Waals surface area contributed by atoms with Gasteiger partial charge in [-0.3, -0.25) is 4.68 Å². The van der Waals surface area contributed by atoms with Crippen molar-refractivity contribution >= 4 is 5.82 Å². The second-order valence-electron chi connectivity index (χ2n) is 5.80. The van der Waals surface area contributed by atoms with E-state index in [1.165, 1.54) is 12.3 Å². The Kier molecular flexibility index (Phi) is 3.92. The molecule has 130 valence electrons. The fourth-order valence-corrected chi connectivity index (χ4v) is 2.71. The Morgan fingerprint density at radius 2 is 2.08 bits per heavy atom. The monoisotopic (exact) mass is 350 g/mol. The zero-order valence-corrected chi connectivity index (χ0v) is 13.9. The predicted octanol–water partition coefficient (Wildman–Crippen LogP) is 3.07. The molecule has 3 aromatic heterocycles. The van der Waals surface area contributed by atoms with Gasteiger partial charge in [0.15, 0.2) is 5.82 Å². The van der Waals surface area contributed by atoms with E-state index >= 15 is 0 Å². The molecule has 2 N–H and O–H groups in total. The SMILES string of the molecule is Cc1cccc(F)c1Cn1nc(-c2nccc(N)n2)cc1-c1ccon1. The van der Waals surface area contributed by atoms with Crippen LogP contribution in [0.4, 0.5) is 10.2 Å². The average Bonchev–Trinajstić information content (AvgIpc) is 3.28. The highest BCUT2D eigenvalue weighted by Gasteiger charge is 2.17. The predicted molar refractivity (Wildman–Crippen MR) is 93.4 cm³/mol. The molecule has 0 saturated carbocycles. The molecule has 0 radical (unpaired) electrons. The molecule has 0 aliphatic heterocycles. The Morgan fingerprint density at radius 3 is 2.81 bits per heavy atom. The fourth-order valence-electron chi connectivity index (χ4n) is 2.71. The third-order valence-electron chi connectivity index (χ3n) is 4.05. The van der Waals surface area contributed by atoms with E-state index in [1.54, 1.807) is 35.1 Å². The van der Waals surface area contributed by atoms with Gasteiger partial charge in [-0.15, -0.1) is 0 Å². The number of nitrogens with two attached hydrogens (primary N) is 1. The molecule has 0 saturated heterocycles. The average molecular weight is 350 g/mol. The molecule has 0 spiro atoms. The maximum Gasteiger partial charge on any atom is 0.182 e. The number of nitrogen functional groups attached to an aromatic ring is 1. The van der Waals surface area contributed by atoms with Gasteiger partial charge in [0.2, 0.25) is 0 Å². The van der Waals surface area contributed by atoms with E-state index in [0.717, 1.165) is 5.56 Å². The van der Waals surface area contributed by atoms with Gasteiger partial charge in [-0.1, -0.05) is 17.3 Å². The summed E-state index contributed by atoms with van der Waals surface area (Å²) in [6.45, 7) is 2.10. The molecule has 26 heavy (non-hydrogen) atoms. The minimum atomic E-state index is -0.284. The lowest BCUT2D eigenvalue weighted by atomic mass is 10.1. The van der Waals surface area contributed by atoms with E-state index < -0.39 is 0 Å². The second kappa shape index (κ2) is 6.40. The molecular weight excluding hydrogens is 335 g/mol. The summed E-state index contributed by atoms with van der Waals surface area (Å²) in [6, 6.07) is 10.1. The van der Waals surface area contributed by atoms with Crippen molar-refractivity contribution in [3.63, 3.8) is 0 Å². The molecule has 0 atom stereocenters. The zero-order valence-electron chi connectivity index (χ0n) is 13.9. The van der Waals surface area contributed by atoms with Crippen molar-refractivity contribution in [2.45, 2.75) is 13.5 Å². The molecule has 0 aliphatic rings. The molecule has 8 heteroatoms. The van der Waals surface area contributed by atoms with Crippen LogP contribution in [0.15, 0.2) is 53.4 Å². The molecular formula is C18H15FN6O. The van der Waals surface area contributed by atoms with E-state index in [2.05, 4.69) is 20.2 Å². The number of aromatic nitrogens is 5. The van der Waals surface area contributed by atoms with Crippen molar-refractivity contribution in [1.29, 1.82) is 0 Å². The Morgan fingerprint density at radius 1 is 1.19 bits per heavy atom. The molecule has 0 bridgehead atoms. The molecule has 7 nitrogen and oxygen atoms in total. The maximum absolute atomic E-state index is 14.3. The van der Waals surface area contributed by atoms with Crippen molar-refractivity contribution < 1.29 is 8.91 Å². The quantitative estimate of drug-likeness (QED) is 0.608. The Labute approximate surface area is 148 Å². The summed E-state index contributed by atoms with van der Waals surface area (Å²) in [7, 11) is 0. The standard InChI is InChI=1S/C18H15FN6O/c1-11-3-2-4-13(19)12(11)10-25-16(14-6-8-26-24-14)9-15(23-25)18-21-7-5-17(20)22-18/h2-9H,10H2,1H3,(H2,20,21,22). The van der Waals surface area contributed by atoms with Gasteiger partial charge in [-0.05, 0) is 30.7 Å². The van der Waals surface area contributed by atoms with Crippen molar-refractivity contribution in [1.82, 2.24) is 24.9 Å². The summed E-state index contributed by atoms with van der Waals surface area (Å²) in [5, 5.41) is 8.51. The lowest BCUT2D eigenvalue weighted by Gasteiger charge is -2.09. The van der Waals surface area contributed by atoms with Crippen LogP contribution in [-0.4, -0.2) is 24.9 Å². The van der Waals surface area contributed by atoms with E-state index in [0.29, 0.717) is 34.3 Å². The van der Waals surface area contributed by atoms with Crippen molar-refractivity contribution in [3.8, 4) is 22.9 Å². The van der Waals surface area contributed by atoms with Gasteiger partial charge in [0, 0.05) is 17.8 Å². The number of rotatable bonds is 4. The molecule has 0 amide bonds. The zero-order chi connectivity index (χ0) is 18.1. The second-order valence-corrected chi connectivity index (χ2v) is 5.80. The molecule has 4 aromatic rings. The molecule has 1 aromatic carbocycles. The highest BCUT2D eigenvalue weighted by Crippen LogP contribution is 2.25. The van der Waals surface area contributed by atoms with E-state index in [1.807, 2.05) is 13.0 Å². The first-order chi connectivity index (χ1) is 12.6. The van der Waals surface area contributed by atoms with Crippen molar-refractivity contribution in [2.75, 3.05) is 5.73 Å². The summed E-state index contributed by atoms with van der Waals surface area (Å²) >= 11 is 0. The summed E-state index contributed by atoms with van der Waals surface area (Å²) < 4.78 is 20.9. The number of nitrogens with zero attached hydrogens (tertiary/aromatic N) is 5. The Bertz CT molecular complexity index is 1040. The van der Waals surface area contributed by atoms with Gasteiger partial charge in [0.05, 0.1) is 12.2 Å². The van der Waals surface area contributed by atoms with Crippen LogP contribution in [0.2, 0.25) is 0 Å². The first kappa shape index (κ1) is 15.9. The fraction of sp³-hybridized carbons (Fsp3) is 0.111. The highest BCUT2D eigenvalue weighted by atomic mass is 19.1. The van der Waals surface area contributed by atoms with Crippen LogP contribution in [-0.2, 0) is 6.54 Å². The van der Waals surface area contributed by atoms with Crippen LogP contribution < -0.4 is 5.73 Å². The maximum atomic E-state index is 14.3. The third-order valence-corrected chi connectivity index (χ3v) is 4.05.